The molecule has 186 valence electrons. The molecular formula is C22H29F3N6O3. The summed E-state index contributed by atoms with van der Waals surface area (Å²) in [6.07, 6.45) is -2.18. The third-order valence-electron chi connectivity index (χ3n) is 4.84. The summed E-state index contributed by atoms with van der Waals surface area (Å²) >= 11 is 0. The van der Waals surface area contributed by atoms with Gasteiger partial charge in [-0.1, -0.05) is 0 Å². The Hall–Kier alpha value is -3.31. The summed E-state index contributed by atoms with van der Waals surface area (Å²) in [6.45, 7) is 9.77. The third kappa shape index (κ3) is 7.35. The van der Waals surface area contributed by atoms with Gasteiger partial charge in [-0.05, 0) is 33.8 Å². The highest BCUT2D eigenvalue weighted by atomic mass is 19.4. The fourth-order valence-corrected chi connectivity index (χ4v) is 3.19. The number of anilines is 2. The van der Waals surface area contributed by atoms with E-state index in [1.807, 2.05) is 30.6 Å². The number of hydrogen-bond acceptors (Lipinski definition) is 8. The number of nitrogens with one attached hydrogen (secondary N) is 1. The molecule has 1 atom stereocenters. The molecule has 1 amide bonds. The van der Waals surface area contributed by atoms with E-state index in [1.165, 1.54) is 0 Å². The second kappa shape index (κ2) is 10.3. The number of amides is 1. The van der Waals surface area contributed by atoms with Crippen LogP contribution in [0.3, 0.4) is 0 Å². The van der Waals surface area contributed by atoms with Crippen molar-refractivity contribution in [2.45, 2.75) is 45.5 Å². The maximum absolute atomic E-state index is 12.7. The molecule has 1 saturated heterocycles. The molecule has 2 aromatic rings. The standard InChI is InChI=1S/C22H29F3N6O3/c1-15(34-20(32)29-21(2,3)4)14-33-17-5-6-26-18(11-17)30-7-9-31(10-8-30)19-27-12-16(13-28-19)22(23,24)25/h5-6,11-13,15H,7-10,14H2,1-4H3,(H,29,32). The smallest absolute Gasteiger partial charge is 0.419 e. The highest BCUT2D eigenvalue weighted by Gasteiger charge is 2.32. The van der Waals surface area contributed by atoms with E-state index < -0.39 is 23.9 Å². The Morgan fingerprint density at radius 3 is 2.29 bits per heavy atom. The lowest BCUT2D eigenvalue weighted by Gasteiger charge is -2.35. The fourth-order valence-electron chi connectivity index (χ4n) is 3.19. The van der Waals surface area contributed by atoms with Crippen molar-refractivity contribution in [3.63, 3.8) is 0 Å². The van der Waals surface area contributed by atoms with Gasteiger partial charge in [0.1, 0.15) is 24.3 Å². The summed E-state index contributed by atoms with van der Waals surface area (Å²) in [5, 5.41) is 2.73. The van der Waals surface area contributed by atoms with Crippen LogP contribution in [0.2, 0.25) is 0 Å². The number of hydrogen-bond donors (Lipinski definition) is 1. The average molecular weight is 483 g/mol. The lowest BCUT2D eigenvalue weighted by atomic mass is 10.1. The van der Waals surface area contributed by atoms with Crippen molar-refractivity contribution in [2.75, 3.05) is 42.6 Å². The van der Waals surface area contributed by atoms with Crippen LogP contribution >= 0.6 is 0 Å². The number of alkyl halides is 3. The molecule has 1 unspecified atom stereocenters. The van der Waals surface area contributed by atoms with Crippen LogP contribution in [0.4, 0.5) is 29.7 Å². The lowest BCUT2D eigenvalue weighted by Crippen LogP contribution is -2.47. The molecule has 1 aliphatic rings. The van der Waals surface area contributed by atoms with Gasteiger partial charge < -0.3 is 24.6 Å². The van der Waals surface area contributed by atoms with Crippen LogP contribution in [-0.4, -0.2) is 65.5 Å². The van der Waals surface area contributed by atoms with Crippen LogP contribution in [0.5, 0.6) is 5.75 Å². The number of carbonyl (C=O) groups is 1. The van der Waals surface area contributed by atoms with Gasteiger partial charge in [-0.3, -0.25) is 0 Å². The second-order valence-corrected chi connectivity index (χ2v) is 9.00. The fraction of sp³-hybridized carbons (Fsp3) is 0.545. The van der Waals surface area contributed by atoms with Gasteiger partial charge >= 0.3 is 12.3 Å². The number of halogens is 3. The minimum Gasteiger partial charge on any atom is -0.490 e. The predicted octanol–water partition coefficient (Wildman–Crippen LogP) is 3.51. The van der Waals surface area contributed by atoms with E-state index in [2.05, 4.69) is 20.3 Å². The van der Waals surface area contributed by atoms with E-state index >= 15 is 0 Å². The van der Waals surface area contributed by atoms with Crippen LogP contribution in [0.25, 0.3) is 0 Å². The molecule has 0 aromatic carbocycles. The number of alkyl carbamates (subject to hydrolysis) is 1. The molecule has 2 aromatic heterocycles. The number of ether oxygens (including phenoxy) is 2. The van der Waals surface area contributed by atoms with Gasteiger partial charge in [0.2, 0.25) is 5.95 Å². The third-order valence-corrected chi connectivity index (χ3v) is 4.84. The first kappa shape index (κ1) is 25.3. The molecule has 1 N–H and O–H groups in total. The van der Waals surface area contributed by atoms with Crippen molar-refractivity contribution < 1.29 is 27.4 Å². The van der Waals surface area contributed by atoms with Crippen molar-refractivity contribution in [3.8, 4) is 5.75 Å². The summed E-state index contributed by atoms with van der Waals surface area (Å²) in [5.41, 5.74) is -1.26. The SMILES string of the molecule is CC(COc1ccnc(N2CCN(c3ncc(C(F)(F)F)cn3)CC2)c1)OC(=O)NC(C)(C)C. The molecule has 3 heterocycles. The van der Waals surface area contributed by atoms with E-state index in [-0.39, 0.29) is 18.1 Å². The van der Waals surface area contributed by atoms with Gasteiger partial charge in [-0.15, -0.1) is 0 Å². The molecule has 0 spiro atoms. The zero-order chi connectivity index (χ0) is 24.9. The molecular weight excluding hydrogens is 453 g/mol. The summed E-state index contributed by atoms with van der Waals surface area (Å²) in [6, 6.07) is 3.52. The van der Waals surface area contributed by atoms with Crippen LogP contribution in [-0.2, 0) is 10.9 Å². The average Bonchev–Trinajstić information content (AvgIpc) is 2.76. The molecule has 0 radical (unpaired) electrons. The van der Waals surface area contributed by atoms with Gasteiger partial charge in [-0.25, -0.2) is 19.7 Å². The van der Waals surface area contributed by atoms with Crippen molar-refractivity contribution in [3.05, 3.63) is 36.3 Å². The van der Waals surface area contributed by atoms with Crippen molar-refractivity contribution >= 4 is 17.9 Å². The molecule has 0 aliphatic carbocycles. The second-order valence-electron chi connectivity index (χ2n) is 9.00. The summed E-state index contributed by atoms with van der Waals surface area (Å²) < 4.78 is 49.2. The van der Waals surface area contributed by atoms with Gasteiger partial charge in [0.25, 0.3) is 0 Å². The van der Waals surface area contributed by atoms with E-state index in [1.54, 1.807) is 25.3 Å². The monoisotopic (exact) mass is 482 g/mol. The van der Waals surface area contributed by atoms with Gasteiger partial charge in [0, 0.05) is 56.4 Å². The highest BCUT2D eigenvalue weighted by molar-refractivity contribution is 5.68. The van der Waals surface area contributed by atoms with Gasteiger partial charge in [0.15, 0.2) is 0 Å². The van der Waals surface area contributed by atoms with Crippen LogP contribution in [0, 0.1) is 0 Å². The summed E-state index contributed by atoms with van der Waals surface area (Å²) in [5.74, 6) is 1.57. The Morgan fingerprint density at radius 2 is 1.71 bits per heavy atom. The minimum atomic E-state index is -4.46. The maximum atomic E-state index is 12.7. The number of aromatic nitrogens is 3. The molecule has 9 nitrogen and oxygen atoms in total. The van der Waals surface area contributed by atoms with E-state index in [9.17, 15) is 18.0 Å². The Kier molecular flexibility index (Phi) is 7.68. The first-order chi connectivity index (χ1) is 15.9. The molecule has 0 saturated carbocycles. The lowest BCUT2D eigenvalue weighted by molar-refractivity contribution is -0.138. The van der Waals surface area contributed by atoms with Gasteiger partial charge in [0.05, 0.1) is 5.56 Å². The first-order valence-electron chi connectivity index (χ1n) is 10.9. The van der Waals surface area contributed by atoms with Crippen LogP contribution < -0.4 is 19.9 Å². The highest BCUT2D eigenvalue weighted by Crippen LogP contribution is 2.28. The summed E-state index contributed by atoms with van der Waals surface area (Å²) in [7, 11) is 0. The molecule has 34 heavy (non-hydrogen) atoms. The topological polar surface area (TPSA) is 92.7 Å². The number of nitrogens with zero attached hydrogens (tertiary/aromatic N) is 5. The Balaban J connectivity index is 1.50. The Morgan fingerprint density at radius 1 is 1.09 bits per heavy atom. The van der Waals surface area contributed by atoms with E-state index in [0.717, 1.165) is 12.4 Å². The molecule has 1 fully saturated rings. The largest absolute Gasteiger partial charge is 0.490 e. The Labute approximate surface area is 196 Å². The predicted molar refractivity (Wildman–Crippen MR) is 120 cm³/mol. The number of pyridine rings is 1. The molecule has 12 heteroatoms. The number of piperazine rings is 1. The zero-order valence-electron chi connectivity index (χ0n) is 19.6. The minimum absolute atomic E-state index is 0.181. The van der Waals surface area contributed by atoms with Crippen LogP contribution in [0.1, 0.15) is 33.3 Å². The summed E-state index contributed by atoms with van der Waals surface area (Å²) in [4.78, 5) is 27.9. The molecule has 3 rings (SSSR count). The Bertz CT molecular complexity index is 958. The molecule has 1 aliphatic heterocycles. The molecule has 0 bridgehead atoms. The first-order valence-corrected chi connectivity index (χ1v) is 10.9. The van der Waals surface area contributed by atoms with E-state index in [0.29, 0.717) is 37.7 Å². The van der Waals surface area contributed by atoms with E-state index in [4.69, 9.17) is 9.47 Å². The van der Waals surface area contributed by atoms with Crippen molar-refractivity contribution in [1.82, 2.24) is 20.3 Å². The zero-order valence-corrected chi connectivity index (χ0v) is 19.6. The normalized spacial score (nSPS) is 15.6. The maximum Gasteiger partial charge on any atom is 0.419 e. The number of rotatable bonds is 6. The number of carbonyl (C=O) groups excluding carboxylic acids is 1. The van der Waals surface area contributed by atoms with Crippen LogP contribution in [0.15, 0.2) is 30.7 Å². The van der Waals surface area contributed by atoms with Gasteiger partial charge in [-0.2, -0.15) is 13.2 Å². The van der Waals surface area contributed by atoms with Crippen molar-refractivity contribution in [2.24, 2.45) is 0 Å². The van der Waals surface area contributed by atoms with Crippen molar-refractivity contribution in [1.29, 1.82) is 0 Å². The quantitative estimate of drug-likeness (QED) is 0.669.